The van der Waals surface area contributed by atoms with Gasteiger partial charge in [0.2, 0.25) is 0 Å². The van der Waals surface area contributed by atoms with Crippen molar-refractivity contribution in [2.45, 2.75) is 36.1 Å². The van der Waals surface area contributed by atoms with Gasteiger partial charge in [-0.25, -0.2) is 0 Å². The van der Waals surface area contributed by atoms with Gasteiger partial charge in [0.1, 0.15) is 11.9 Å². The number of epoxide rings is 1. The van der Waals surface area contributed by atoms with Crippen molar-refractivity contribution < 1.29 is 9.47 Å². The molecule has 6 atom stereocenters. The Hall–Kier alpha value is -1.52. The molecule has 4 heteroatoms. The summed E-state index contributed by atoms with van der Waals surface area (Å²) in [4.78, 5) is 5.18. The van der Waals surface area contributed by atoms with Crippen LogP contribution in [0.5, 0.6) is 5.75 Å². The molecule has 1 aromatic carbocycles. The fourth-order valence-corrected chi connectivity index (χ4v) is 6.29. The van der Waals surface area contributed by atoms with Gasteiger partial charge in [0, 0.05) is 42.7 Å². The number of anilines is 1. The second kappa shape index (κ2) is 3.93. The van der Waals surface area contributed by atoms with Gasteiger partial charge in [0.05, 0.1) is 19.3 Å². The summed E-state index contributed by atoms with van der Waals surface area (Å²) in [7, 11) is 4.00. The molecule has 2 saturated heterocycles. The van der Waals surface area contributed by atoms with Crippen LogP contribution in [0.25, 0.3) is 0 Å². The van der Waals surface area contributed by atoms with E-state index in [2.05, 4.69) is 47.2 Å². The molecule has 0 N–H and O–H groups in total. The highest BCUT2D eigenvalue weighted by atomic mass is 16.6. The average molecular weight is 310 g/mol. The van der Waals surface area contributed by atoms with E-state index in [1.807, 2.05) is 0 Å². The van der Waals surface area contributed by atoms with Crippen LogP contribution in [0, 0.1) is 5.92 Å². The first-order chi connectivity index (χ1) is 11.3. The summed E-state index contributed by atoms with van der Waals surface area (Å²) < 4.78 is 11.7. The molecule has 1 saturated carbocycles. The molecule has 120 valence electrons. The van der Waals surface area contributed by atoms with Gasteiger partial charge in [0.25, 0.3) is 0 Å². The predicted octanol–water partition coefficient (Wildman–Crippen LogP) is 1.79. The van der Waals surface area contributed by atoms with E-state index in [-0.39, 0.29) is 5.41 Å². The monoisotopic (exact) mass is 310 g/mol. The Kier molecular flexibility index (Phi) is 2.19. The van der Waals surface area contributed by atoms with E-state index in [1.165, 1.54) is 24.2 Å². The SMILES string of the molecule is COc1ccc2c(c1)N(C)C1C3OC3C3C=CCN4CCC21C34. The van der Waals surface area contributed by atoms with Gasteiger partial charge in [-0.3, -0.25) is 4.90 Å². The molecule has 1 aromatic rings. The molecule has 4 heterocycles. The Morgan fingerprint density at radius 1 is 1.26 bits per heavy atom. The smallest absolute Gasteiger partial charge is 0.120 e. The van der Waals surface area contributed by atoms with Crippen molar-refractivity contribution in [3.05, 3.63) is 35.9 Å². The number of benzene rings is 1. The van der Waals surface area contributed by atoms with Crippen LogP contribution in [0.2, 0.25) is 0 Å². The Morgan fingerprint density at radius 2 is 2.17 bits per heavy atom. The summed E-state index contributed by atoms with van der Waals surface area (Å²) in [6.45, 7) is 2.31. The molecule has 3 fully saturated rings. The van der Waals surface area contributed by atoms with Crippen LogP contribution in [0.3, 0.4) is 0 Å². The van der Waals surface area contributed by atoms with Crippen LogP contribution >= 0.6 is 0 Å². The molecule has 23 heavy (non-hydrogen) atoms. The Balaban J connectivity index is 1.60. The quantitative estimate of drug-likeness (QED) is 0.584. The first-order valence-corrected chi connectivity index (χ1v) is 8.73. The summed E-state index contributed by atoms with van der Waals surface area (Å²) >= 11 is 0. The Labute approximate surface area is 136 Å². The largest absolute Gasteiger partial charge is 0.497 e. The van der Waals surface area contributed by atoms with Gasteiger partial charge in [-0.15, -0.1) is 0 Å². The molecule has 4 nitrogen and oxygen atoms in total. The molecule has 0 amide bonds. The molecular weight excluding hydrogens is 288 g/mol. The highest BCUT2D eigenvalue weighted by molar-refractivity contribution is 5.69. The minimum Gasteiger partial charge on any atom is -0.497 e. The third kappa shape index (κ3) is 1.30. The van der Waals surface area contributed by atoms with Crippen molar-refractivity contribution in [3.63, 3.8) is 0 Å². The maximum absolute atomic E-state index is 6.22. The summed E-state index contributed by atoms with van der Waals surface area (Å²) in [6.07, 6.45) is 6.86. The average Bonchev–Trinajstić information content (AvgIpc) is 3.23. The molecule has 0 radical (unpaired) electrons. The van der Waals surface area contributed by atoms with E-state index >= 15 is 0 Å². The Morgan fingerprint density at radius 3 is 3.04 bits per heavy atom. The first kappa shape index (κ1) is 12.8. The van der Waals surface area contributed by atoms with Crippen molar-refractivity contribution in [1.29, 1.82) is 0 Å². The lowest BCUT2D eigenvalue weighted by atomic mass is 9.60. The van der Waals surface area contributed by atoms with Gasteiger partial charge in [-0.05, 0) is 24.6 Å². The maximum Gasteiger partial charge on any atom is 0.120 e. The third-order valence-corrected chi connectivity index (χ3v) is 7.08. The molecule has 4 aliphatic heterocycles. The van der Waals surface area contributed by atoms with Crippen molar-refractivity contribution in [2.75, 3.05) is 32.1 Å². The second-order valence-electron chi connectivity index (χ2n) is 7.74. The molecule has 6 unspecified atom stereocenters. The number of fused-ring (bicyclic) bond motifs is 4. The minimum atomic E-state index is 0.226. The maximum atomic E-state index is 6.22. The summed E-state index contributed by atoms with van der Waals surface area (Å²) in [5.74, 6) is 1.52. The fraction of sp³-hybridized carbons (Fsp3) is 0.579. The van der Waals surface area contributed by atoms with E-state index in [9.17, 15) is 0 Å². The van der Waals surface area contributed by atoms with Gasteiger partial charge in [0.15, 0.2) is 0 Å². The molecule has 0 bridgehead atoms. The zero-order valence-electron chi connectivity index (χ0n) is 13.6. The highest BCUT2D eigenvalue weighted by Crippen LogP contribution is 2.64. The van der Waals surface area contributed by atoms with Crippen LogP contribution in [0.1, 0.15) is 12.0 Å². The molecule has 1 aliphatic carbocycles. The number of rotatable bonds is 1. The number of ether oxygens (including phenoxy) is 2. The van der Waals surface area contributed by atoms with Gasteiger partial charge in [-0.1, -0.05) is 18.2 Å². The lowest BCUT2D eigenvalue weighted by molar-refractivity contribution is 0.127. The van der Waals surface area contributed by atoms with Crippen molar-refractivity contribution in [3.8, 4) is 5.75 Å². The topological polar surface area (TPSA) is 28.2 Å². The predicted molar refractivity (Wildman–Crippen MR) is 88.1 cm³/mol. The number of likely N-dealkylation sites (N-methyl/N-ethyl adjacent to an activating group) is 1. The van der Waals surface area contributed by atoms with Gasteiger partial charge in [-0.2, -0.15) is 0 Å². The zero-order chi connectivity index (χ0) is 15.3. The van der Waals surface area contributed by atoms with E-state index in [0.29, 0.717) is 30.2 Å². The van der Waals surface area contributed by atoms with Crippen molar-refractivity contribution in [1.82, 2.24) is 4.90 Å². The number of hydrogen-bond donors (Lipinski definition) is 0. The molecule has 1 spiro atoms. The van der Waals surface area contributed by atoms with E-state index in [1.54, 1.807) is 7.11 Å². The number of hydrogen-bond acceptors (Lipinski definition) is 4. The number of methoxy groups -OCH3 is 1. The molecule has 5 aliphatic rings. The number of nitrogens with zero attached hydrogens (tertiary/aromatic N) is 2. The standard InChI is InChI=1S/C19H22N2O2/c1-20-14-10-11(22-2)5-6-13(14)19-7-9-21-8-3-4-12(17(19)21)15-16(23-15)18(19)20/h3-6,10,12,15-18H,7-9H2,1-2H3. The van der Waals surface area contributed by atoms with Crippen LogP contribution < -0.4 is 9.64 Å². The second-order valence-corrected chi connectivity index (χ2v) is 7.74. The van der Waals surface area contributed by atoms with Crippen molar-refractivity contribution in [2.24, 2.45) is 5.92 Å². The first-order valence-electron chi connectivity index (χ1n) is 8.73. The summed E-state index contributed by atoms with van der Waals surface area (Å²) in [5, 5.41) is 0. The molecule has 6 rings (SSSR count). The van der Waals surface area contributed by atoms with Crippen LogP contribution in [-0.4, -0.2) is 56.4 Å². The van der Waals surface area contributed by atoms with E-state index < -0.39 is 0 Å². The molecular formula is C19H22N2O2. The van der Waals surface area contributed by atoms with Crippen molar-refractivity contribution >= 4 is 5.69 Å². The zero-order valence-corrected chi connectivity index (χ0v) is 13.6. The van der Waals surface area contributed by atoms with Crippen LogP contribution in [-0.2, 0) is 10.2 Å². The highest BCUT2D eigenvalue weighted by Gasteiger charge is 2.73. The third-order valence-electron chi connectivity index (χ3n) is 7.08. The van der Waals surface area contributed by atoms with Gasteiger partial charge >= 0.3 is 0 Å². The Bertz CT molecular complexity index is 732. The van der Waals surface area contributed by atoms with E-state index in [0.717, 1.165) is 12.3 Å². The fourth-order valence-electron chi connectivity index (χ4n) is 6.29. The van der Waals surface area contributed by atoms with E-state index in [4.69, 9.17) is 9.47 Å². The lowest BCUT2D eigenvalue weighted by Gasteiger charge is -2.48. The van der Waals surface area contributed by atoms with Gasteiger partial charge < -0.3 is 14.4 Å². The van der Waals surface area contributed by atoms with Crippen LogP contribution in [0.15, 0.2) is 30.4 Å². The summed E-state index contributed by atoms with van der Waals surface area (Å²) in [5.41, 5.74) is 3.09. The minimum absolute atomic E-state index is 0.226. The van der Waals surface area contributed by atoms with Crippen LogP contribution in [0.4, 0.5) is 5.69 Å². The normalized spacial score (nSPS) is 45.3. The summed E-state index contributed by atoms with van der Waals surface area (Å²) in [6, 6.07) is 7.76. The molecule has 0 aromatic heterocycles. The lowest BCUT2D eigenvalue weighted by Crippen LogP contribution is -2.62.